The number of hydrogen-bond acceptors (Lipinski definition) is 7. The van der Waals surface area contributed by atoms with E-state index >= 15 is 0 Å². The van der Waals surface area contributed by atoms with E-state index in [0.717, 1.165) is 0 Å². The van der Waals surface area contributed by atoms with Crippen LogP contribution in [-0.2, 0) is 0 Å². The van der Waals surface area contributed by atoms with Crippen LogP contribution in [0.2, 0.25) is 5.02 Å². The second kappa shape index (κ2) is 7.40. The molecule has 2 heterocycles. The summed E-state index contributed by atoms with van der Waals surface area (Å²) >= 11 is 6.07. The molecule has 8 nitrogen and oxygen atoms in total. The Morgan fingerprint density at radius 1 is 1.15 bits per heavy atom. The average Bonchev–Trinajstić information content (AvgIpc) is 2.99. The highest BCUT2D eigenvalue weighted by Crippen LogP contribution is 2.27. The van der Waals surface area contributed by atoms with Gasteiger partial charge in [0.1, 0.15) is 28.8 Å². The molecule has 2 aromatic heterocycles. The molecule has 9 heteroatoms. The lowest BCUT2D eigenvalue weighted by Crippen LogP contribution is -2.15. The van der Waals surface area contributed by atoms with Crippen molar-refractivity contribution in [2.75, 3.05) is 17.7 Å². The first-order valence-corrected chi connectivity index (χ1v) is 8.03. The molecule has 1 aromatic carbocycles. The van der Waals surface area contributed by atoms with Crippen molar-refractivity contribution < 1.29 is 14.1 Å². The van der Waals surface area contributed by atoms with Crippen LogP contribution in [0.1, 0.15) is 22.1 Å². The number of methoxy groups -OCH3 is 1. The van der Waals surface area contributed by atoms with Crippen molar-refractivity contribution in [3.63, 3.8) is 0 Å². The van der Waals surface area contributed by atoms with Gasteiger partial charge in [-0.2, -0.15) is 0 Å². The fraction of sp³-hybridized carbons (Fsp3) is 0.176. The lowest BCUT2D eigenvalue weighted by atomic mass is 10.2. The molecule has 3 rings (SSSR count). The number of rotatable bonds is 5. The first-order chi connectivity index (χ1) is 12.4. The third-order valence-corrected chi connectivity index (χ3v) is 3.66. The standard InChI is InChI=1S/C17H16ClN5O3/c1-9-6-16(23-26-9)22-15-8-13(19-10(2)20-15)17(24)21-11-4-5-14(25-3)12(18)7-11/h4-8H,1-3H3,(H,21,24)(H,19,20,22,23). The van der Waals surface area contributed by atoms with E-state index in [9.17, 15) is 4.79 Å². The van der Waals surface area contributed by atoms with Crippen LogP contribution in [0.4, 0.5) is 17.3 Å². The van der Waals surface area contributed by atoms with E-state index < -0.39 is 5.91 Å². The van der Waals surface area contributed by atoms with Crippen molar-refractivity contribution >= 4 is 34.8 Å². The van der Waals surface area contributed by atoms with Gasteiger partial charge < -0.3 is 19.9 Å². The van der Waals surface area contributed by atoms with Crippen LogP contribution in [0.5, 0.6) is 5.75 Å². The third kappa shape index (κ3) is 4.09. The Kier molecular flexibility index (Phi) is 5.04. The van der Waals surface area contributed by atoms with Crippen LogP contribution in [0.3, 0.4) is 0 Å². The van der Waals surface area contributed by atoms with Gasteiger partial charge >= 0.3 is 0 Å². The van der Waals surface area contributed by atoms with E-state index in [1.165, 1.54) is 13.2 Å². The van der Waals surface area contributed by atoms with E-state index in [1.54, 1.807) is 38.1 Å². The fourth-order valence-electron chi connectivity index (χ4n) is 2.24. The Bertz CT molecular complexity index is 957. The quantitative estimate of drug-likeness (QED) is 0.702. The summed E-state index contributed by atoms with van der Waals surface area (Å²) in [6.07, 6.45) is 0. The Morgan fingerprint density at radius 2 is 1.96 bits per heavy atom. The first kappa shape index (κ1) is 17.7. The molecule has 0 atom stereocenters. The van der Waals surface area contributed by atoms with Crippen molar-refractivity contribution in [2.45, 2.75) is 13.8 Å². The van der Waals surface area contributed by atoms with Gasteiger partial charge in [0.05, 0.1) is 12.1 Å². The van der Waals surface area contributed by atoms with Gasteiger partial charge in [0.2, 0.25) is 0 Å². The molecule has 0 saturated carbocycles. The number of nitrogens with one attached hydrogen (secondary N) is 2. The van der Waals surface area contributed by atoms with Crippen molar-refractivity contribution in [2.24, 2.45) is 0 Å². The molecule has 0 aliphatic carbocycles. The number of nitrogens with zero attached hydrogens (tertiary/aromatic N) is 3. The predicted molar refractivity (Wildman–Crippen MR) is 97.2 cm³/mol. The molecular weight excluding hydrogens is 358 g/mol. The van der Waals surface area contributed by atoms with E-state index in [1.807, 2.05) is 0 Å². The number of ether oxygens (including phenoxy) is 1. The van der Waals surface area contributed by atoms with E-state index in [-0.39, 0.29) is 5.69 Å². The number of halogens is 1. The molecule has 0 unspecified atom stereocenters. The normalized spacial score (nSPS) is 10.5. The van der Waals surface area contributed by atoms with Gasteiger partial charge in [0.15, 0.2) is 5.82 Å². The van der Waals surface area contributed by atoms with E-state index in [4.69, 9.17) is 20.9 Å². The summed E-state index contributed by atoms with van der Waals surface area (Å²) in [5.74, 6) is 2.16. The zero-order valence-corrected chi connectivity index (χ0v) is 15.1. The molecule has 0 bridgehead atoms. The summed E-state index contributed by atoms with van der Waals surface area (Å²) < 4.78 is 10.1. The van der Waals surface area contributed by atoms with Gasteiger partial charge in [-0.1, -0.05) is 16.8 Å². The summed E-state index contributed by atoms with van der Waals surface area (Å²) in [5.41, 5.74) is 0.728. The average molecular weight is 374 g/mol. The number of aryl methyl sites for hydroxylation is 2. The van der Waals surface area contributed by atoms with Crippen LogP contribution in [0, 0.1) is 13.8 Å². The van der Waals surface area contributed by atoms with Crippen LogP contribution in [0.25, 0.3) is 0 Å². The molecule has 1 amide bonds. The van der Waals surface area contributed by atoms with Crippen molar-refractivity contribution in [1.29, 1.82) is 0 Å². The number of carbonyl (C=O) groups is 1. The molecule has 0 aliphatic heterocycles. The van der Waals surface area contributed by atoms with Crippen LogP contribution in [0.15, 0.2) is 34.9 Å². The number of carbonyl (C=O) groups excluding carboxylic acids is 1. The highest BCUT2D eigenvalue weighted by Gasteiger charge is 2.13. The number of aromatic nitrogens is 3. The van der Waals surface area contributed by atoms with Gasteiger partial charge in [-0.05, 0) is 32.0 Å². The minimum atomic E-state index is -0.392. The Morgan fingerprint density at radius 3 is 2.62 bits per heavy atom. The minimum absolute atomic E-state index is 0.201. The second-order valence-electron chi connectivity index (χ2n) is 5.44. The number of hydrogen-bond donors (Lipinski definition) is 2. The highest BCUT2D eigenvalue weighted by molar-refractivity contribution is 6.32. The van der Waals surface area contributed by atoms with Gasteiger partial charge in [-0.25, -0.2) is 9.97 Å². The summed E-state index contributed by atoms with van der Waals surface area (Å²) in [6, 6.07) is 8.20. The summed E-state index contributed by atoms with van der Waals surface area (Å²) in [5, 5.41) is 9.95. The molecule has 0 aliphatic rings. The largest absolute Gasteiger partial charge is 0.495 e. The second-order valence-corrected chi connectivity index (χ2v) is 5.84. The maximum Gasteiger partial charge on any atom is 0.274 e. The maximum atomic E-state index is 12.5. The lowest BCUT2D eigenvalue weighted by Gasteiger charge is -2.09. The molecule has 0 spiro atoms. The molecule has 3 aromatic rings. The molecule has 0 saturated heterocycles. The highest BCUT2D eigenvalue weighted by atomic mass is 35.5. The van der Waals surface area contributed by atoms with Crippen LogP contribution >= 0.6 is 11.6 Å². The monoisotopic (exact) mass is 373 g/mol. The zero-order valence-electron chi connectivity index (χ0n) is 14.3. The number of benzene rings is 1. The SMILES string of the molecule is COc1ccc(NC(=O)c2cc(Nc3cc(C)on3)nc(C)n2)cc1Cl. The van der Waals surface area contributed by atoms with Crippen molar-refractivity contribution in [1.82, 2.24) is 15.1 Å². The van der Waals surface area contributed by atoms with Gasteiger partial charge in [-0.3, -0.25) is 4.79 Å². The predicted octanol–water partition coefficient (Wildman–Crippen LogP) is 3.74. The molecule has 0 radical (unpaired) electrons. The summed E-state index contributed by atoms with van der Waals surface area (Å²) in [7, 11) is 1.52. The fourth-order valence-corrected chi connectivity index (χ4v) is 2.50. The molecule has 0 fully saturated rings. The number of anilines is 3. The Labute approximate surface area is 154 Å². The minimum Gasteiger partial charge on any atom is -0.495 e. The zero-order chi connectivity index (χ0) is 18.7. The van der Waals surface area contributed by atoms with Crippen molar-refractivity contribution in [3.8, 4) is 5.75 Å². The molecule has 134 valence electrons. The maximum absolute atomic E-state index is 12.5. The lowest BCUT2D eigenvalue weighted by molar-refractivity contribution is 0.102. The smallest absolute Gasteiger partial charge is 0.274 e. The Balaban J connectivity index is 1.79. The van der Waals surface area contributed by atoms with Gasteiger partial charge in [-0.15, -0.1) is 0 Å². The first-order valence-electron chi connectivity index (χ1n) is 7.65. The number of amides is 1. The summed E-state index contributed by atoms with van der Waals surface area (Å²) in [4.78, 5) is 20.9. The molecule has 26 heavy (non-hydrogen) atoms. The molecular formula is C17H16ClN5O3. The van der Waals surface area contributed by atoms with Crippen LogP contribution in [-0.4, -0.2) is 28.1 Å². The van der Waals surface area contributed by atoms with Crippen LogP contribution < -0.4 is 15.4 Å². The third-order valence-electron chi connectivity index (χ3n) is 3.36. The molecule has 2 N–H and O–H groups in total. The van der Waals surface area contributed by atoms with Crippen molar-refractivity contribution in [3.05, 3.63) is 52.6 Å². The van der Waals surface area contributed by atoms with E-state index in [0.29, 0.717) is 39.7 Å². The van der Waals surface area contributed by atoms with Gasteiger partial charge in [0, 0.05) is 17.8 Å². The van der Waals surface area contributed by atoms with E-state index in [2.05, 4.69) is 25.8 Å². The Hall–Kier alpha value is -3.13. The summed E-state index contributed by atoms with van der Waals surface area (Å²) in [6.45, 7) is 3.47. The topological polar surface area (TPSA) is 102 Å². The van der Waals surface area contributed by atoms with Gasteiger partial charge in [0.25, 0.3) is 5.91 Å².